The molecular formula is C17H11ClF3N7O. The molecule has 0 aliphatic carbocycles. The molecule has 2 aromatic heterocycles. The average molecular weight is 422 g/mol. The number of alkyl halides is 3. The van der Waals surface area contributed by atoms with Crippen molar-refractivity contribution in [1.29, 1.82) is 5.26 Å². The van der Waals surface area contributed by atoms with Crippen molar-refractivity contribution in [3.63, 3.8) is 0 Å². The molecule has 1 atom stereocenters. The van der Waals surface area contributed by atoms with Crippen LogP contribution in [0, 0.1) is 11.3 Å². The number of halogens is 4. The van der Waals surface area contributed by atoms with Gasteiger partial charge in [0.25, 0.3) is 17.7 Å². The third-order valence-electron chi connectivity index (χ3n) is 3.70. The van der Waals surface area contributed by atoms with Gasteiger partial charge in [0.1, 0.15) is 6.07 Å². The summed E-state index contributed by atoms with van der Waals surface area (Å²) in [5.74, 6) is -0.762. The fourth-order valence-corrected chi connectivity index (χ4v) is 2.66. The van der Waals surface area contributed by atoms with Gasteiger partial charge in [0.05, 0.1) is 11.6 Å². The van der Waals surface area contributed by atoms with Gasteiger partial charge in [-0.2, -0.15) is 28.1 Å². The topological polar surface area (TPSA) is 109 Å². The number of hydrogen-bond acceptors (Lipinski definition) is 6. The maximum atomic E-state index is 13.0. The summed E-state index contributed by atoms with van der Waals surface area (Å²) >= 11 is 5.72. The van der Waals surface area contributed by atoms with Crippen LogP contribution in [0.3, 0.4) is 0 Å². The van der Waals surface area contributed by atoms with Gasteiger partial charge in [-0.05, 0) is 31.2 Å². The van der Waals surface area contributed by atoms with Gasteiger partial charge in [0.2, 0.25) is 0 Å². The smallest absolute Gasteiger partial charge is 0.342 e. The van der Waals surface area contributed by atoms with Gasteiger partial charge < -0.3 is 5.32 Å². The van der Waals surface area contributed by atoms with Crippen molar-refractivity contribution >= 4 is 17.5 Å². The lowest BCUT2D eigenvalue weighted by atomic mass is 10.1. The van der Waals surface area contributed by atoms with Crippen molar-refractivity contribution < 1.29 is 18.0 Å². The Balaban J connectivity index is 1.91. The number of rotatable bonds is 4. The normalized spacial score (nSPS) is 12.3. The lowest BCUT2D eigenvalue weighted by Crippen LogP contribution is -2.29. The molecule has 1 unspecified atom stereocenters. The fourth-order valence-electron chi connectivity index (χ4n) is 2.43. The van der Waals surface area contributed by atoms with Crippen LogP contribution >= 0.6 is 11.6 Å². The molecule has 1 N–H and O–H groups in total. The minimum Gasteiger partial charge on any atom is -0.342 e. The maximum absolute atomic E-state index is 13.0. The lowest BCUT2D eigenvalue weighted by Gasteiger charge is -2.15. The van der Waals surface area contributed by atoms with Gasteiger partial charge >= 0.3 is 6.18 Å². The van der Waals surface area contributed by atoms with Crippen LogP contribution in [0.1, 0.15) is 40.5 Å². The van der Waals surface area contributed by atoms with E-state index in [-0.39, 0.29) is 28.2 Å². The molecule has 12 heteroatoms. The summed E-state index contributed by atoms with van der Waals surface area (Å²) < 4.78 is 40.1. The van der Waals surface area contributed by atoms with Gasteiger partial charge in [-0.15, -0.1) is 5.10 Å². The third-order valence-corrected chi connectivity index (χ3v) is 3.91. The molecule has 0 fully saturated rings. The molecule has 1 aromatic carbocycles. The third kappa shape index (κ3) is 4.49. The van der Waals surface area contributed by atoms with Crippen molar-refractivity contribution in [2.24, 2.45) is 0 Å². The molecule has 3 rings (SSSR count). The molecular weight excluding hydrogens is 411 g/mol. The first-order valence-corrected chi connectivity index (χ1v) is 8.40. The molecule has 1 amide bonds. The molecule has 8 nitrogen and oxygen atoms in total. The Morgan fingerprint density at radius 1 is 1.28 bits per heavy atom. The zero-order valence-electron chi connectivity index (χ0n) is 14.6. The van der Waals surface area contributed by atoms with Gasteiger partial charge in [0, 0.05) is 23.0 Å². The van der Waals surface area contributed by atoms with Gasteiger partial charge in [0.15, 0.2) is 5.82 Å². The lowest BCUT2D eigenvalue weighted by molar-refractivity contribution is -0.137. The van der Waals surface area contributed by atoms with Gasteiger partial charge in [-0.25, -0.2) is 9.97 Å². The summed E-state index contributed by atoms with van der Waals surface area (Å²) in [4.78, 5) is 24.5. The second-order valence-corrected chi connectivity index (χ2v) is 6.22. The Morgan fingerprint density at radius 2 is 1.97 bits per heavy atom. The summed E-state index contributed by atoms with van der Waals surface area (Å²) in [6.45, 7) is 1.53. The van der Waals surface area contributed by atoms with Crippen molar-refractivity contribution in [3.05, 3.63) is 64.5 Å². The predicted molar refractivity (Wildman–Crippen MR) is 94.0 cm³/mol. The quantitative estimate of drug-likeness (QED) is 0.693. The Kier molecular flexibility index (Phi) is 5.47. The number of nitrogens with one attached hydrogen (secondary N) is 1. The van der Waals surface area contributed by atoms with E-state index in [9.17, 15) is 18.0 Å². The second kappa shape index (κ2) is 7.84. The zero-order chi connectivity index (χ0) is 21.2. The number of nitriles is 1. The van der Waals surface area contributed by atoms with E-state index in [2.05, 4.69) is 25.4 Å². The first-order valence-electron chi connectivity index (χ1n) is 8.02. The Morgan fingerprint density at radius 3 is 2.59 bits per heavy atom. The first kappa shape index (κ1) is 20.2. The fraction of sp³-hybridized carbons (Fsp3) is 0.176. The molecule has 0 aliphatic rings. The Hall–Kier alpha value is -3.52. The average Bonchev–Trinajstić information content (AvgIpc) is 3.12. The van der Waals surface area contributed by atoms with E-state index in [4.69, 9.17) is 16.9 Å². The highest BCUT2D eigenvalue weighted by atomic mass is 35.5. The number of aromatic nitrogens is 5. The molecule has 3 aromatic rings. The standard InChI is InChI=1S/C17H11ClF3N7O/c1-9(14-26-13(8-22)27-28(14)16-23-3-2-4-24-16)25-15(29)10-5-11(17(19,20)21)7-12(18)6-10/h2-7,9H,1H3,(H,25,29). The second-order valence-electron chi connectivity index (χ2n) is 5.79. The summed E-state index contributed by atoms with van der Waals surface area (Å²) in [6.07, 6.45) is -1.75. The number of benzene rings is 1. The SMILES string of the molecule is CC(NC(=O)c1cc(Cl)cc(C(F)(F)F)c1)c1nc(C#N)nn1-c1ncccn1. The van der Waals surface area contributed by atoms with E-state index in [1.165, 1.54) is 24.0 Å². The van der Waals surface area contributed by atoms with Crippen molar-refractivity contribution in [3.8, 4) is 12.0 Å². The Labute approximate surface area is 167 Å². The summed E-state index contributed by atoms with van der Waals surface area (Å²) in [7, 11) is 0. The van der Waals surface area contributed by atoms with Crippen molar-refractivity contribution in [1.82, 2.24) is 30.0 Å². The van der Waals surface area contributed by atoms with Crippen molar-refractivity contribution in [2.45, 2.75) is 19.1 Å². The highest BCUT2D eigenvalue weighted by molar-refractivity contribution is 6.31. The number of carbonyl (C=O) groups excluding carboxylic acids is 1. The Bertz CT molecular complexity index is 1090. The van der Waals surface area contributed by atoms with E-state index in [0.29, 0.717) is 6.07 Å². The maximum Gasteiger partial charge on any atom is 0.416 e. The van der Waals surface area contributed by atoms with E-state index >= 15 is 0 Å². The van der Waals surface area contributed by atoms with Crippen LogP contribution < -0.4 is 5.32 Å². The van der Waals surface area contributed by atoms with E-state index in [1.807, 2.05) is 0 Å². The number of carbonyl (C=O) groups is 1. The highest BCUT2D eigenvalue weighted by Crippen LogP contribution is 2.32. The van der Waals surface area contributed by atoms with Crippen molar-refractivity contribution in [2.75, 3.05) is 0 Å². The van der Waals surface area contributed by atoms with E-state index in [0.717, 1.165) is 12.1 Å². The minimum absolute atomic E-state index is 0.111. The van der Waals surface area contributed by atoms with Crippen LogP contribution in [-0.2, 0) is 6.18 Å². The van der Waals surface area contributed by atoms with Crippen LogP contribution in [0.4, 0.5) is 13.2 Å². The molecule has 0 aliphatic heterocycles. The first-order chi connectivity index (χ1) is 13.7. The molecule has 148 valence electrons. The molecule has 0 bridgehead atoms. The molecule has 0 radical (unpaired) electrons. The van der Waals surface area contributed by atoms with Crippen LogP contribution in [0.2, 0.25) is 5.02 Å². The number of amides is 1. The minimum atomic E-state index is -4.65. The van der Waals surface area contributed by atoms with E-state index in [1.54, 1.807) is 12.1 Å². The highest BCUT2D eigenvalue weighted by Gasteiger charge is 2.32. The molecule has 0 saturated carbocycles. The molecule has 29 heavy (non-hydrogen) atoms. The zero-order valence-corrected chi connectivity index (χ0v) is 15.4. The van der Waals surface area contributed by atoms with Crippen LogP contribution in [-0.4, -0.2) is 30.6 Å². The number of hydrogen-bond donors (Lipinski definition) is 1. The van der Waals surface area contributed by atoms with Gasteiger partial charge in [-0.3, -0.25) is 4.79 Å². The largest absolute Gasteiger partial charge is 0.416 e. The van der Waals surface area contributed by atoms with E-state index < -0.39 is 23.7 Å². The summed E-state index contributed by atoms with van der Waals surface area (Å²) in [5.41, 5.74) is -1.32. The van der Waals surface area contributed by atoms with Crippen LogP contribution in [0.15, 0.2) is 36.7 Å². The molecule has 0 saturated heterocycles. The van der Waals surface area contributed by atoms with Gasteiger partial charge in [-0.1, -0.05) is 11.6 Å². The number of nitrogens with zero attached hydrogens (tertiary/aromatic N) is 6. The van der Waals surface area contributed by atoms with Crippen LogP contribution in [0.25, 0.3) is 5.95 Å². The predicted octanol–water partition coefficient (Wildman–Crippen LogP) is 3.09. The molecule has 2 heterocycles. The van der Waals surface area contributed by atoms with Crippen LogP contribution in [0.5, 0.6) is 0 Å². The summed E-state index contributed by atoms with van der Waals surface area (Å²) in [5, 5.41) is 15.3. The molecule has 0 spiro atoms. The summed E-state index contributed by atoms with van der Waals surface area (Å²) in [6, 6.07) is 5.05. The monoisotopic (exact) mass is 421 g/mol.